The highest BCUT2D eigenvalue weighted by molar-refractivity contribution is 5.79. The van der Waals surface area contributed by atoms with E-state index in [-0.39, 0.29) is 0 Å². The van der Waals surface area contributed by atoms with E-state index >= 15 is 0 Å². The van der Waals surface area contributed by atoms with E-state index in [4.69, 9.17) is 9.98 Å². The van der Waals surface area contributed by atoms with Gasteiger partial charge in [-0.2, -0.15) is 0 Å². The first-order chi connectivity index (χ1) is 13.0. The predicted octanol–water partition coefficient (Wildman–Crippen LogP) is 3.63. The van der Waals surface area contributed by atoms with Gasteiger partial charge < -0.3 is 0 Å². The molecular weight excluding hydrogens is 336 g/mol. The predicted molar refractivity (Wildman–Crippen MR) is 104 cm³/mol. The molecular formula is C23H18N2O2. The molecule has 3 aromatic carbocycles. The summed E-state index contributed by atoms with van der Waals surface area (Å²) in [6.45, 7) is 3.96. The van der Waals surface area contributed by atoms with E-state index in [0.29, 0.717) is 11.1 Å². The lowest BCUT2D eigenvalue weighted by molar-refractivity contribution is 0.111. The summed E-state index contributed by atoms with van der Waals surface area (Å²) in [6.07, 6.45) is 1.67. The van der Waals surface area contributed by atoms with Gasteiger partial charge in [0.1, 0.15) is 18.2 Å². The van der Waals surface area contributed by atoms with Crippen molar-refractivity contribution in [3.05, 3.63) is 82.5 Å². The number of nitrogens with zero attached hydrogens (tertiary/aromatic N) is 2. The van der Waals surface area contributed by atoms with Crippen molar-refractivity contribution in [1.29, 1.82) is 0 Å². The van der Waals surface area contributed by atoms with Gasteiger partial charge in [-0.25, -0.2) is 0 Å². The van der Waals surface area contributed by atoms with E-state index in [9.17, 15) is 9.59 Å². The number of benzene rings is 3. The highest BCUT2D eigenvalue weighted by Crippen LogP contribution is 2.23. The molecule has 1 aliphatic rings. The van der Waals surface area contributed by atoms with E-state index < -0.39 is 5.66 Å². The summed E-state index contributed by atoms with van der Waals surface area (Å²) in [4.78, 5) is 31.5. The highest BCUT2D eigenvalue weighted by atomic mass is 16.1. The third kappa shape index (κ3) is 3.10. The van der Waals surface area contributed by atoms with Crippen LogP contribution in [0, 0.1) is 0 Å². The van der Waals surface area contributed by atoms with Crippen LogP contribution < -0.4 is 10.7 Å². The van der Waals surface area contributed by atoms with Crippen molar-refractivity contribution in [3.8, 4) is 22.3 Å². The molecule has 0 spiro atoms. The Morgan fingerprint density at radius 1 is 0.630 bits per heavy atom. The van der Waals surface area contributed by atoms with E-state index in [1.54, 1.807) is 24.3 Å². The zero-order valence-electron chi connectivity index (χ0n) is 15.1. The van der Waals surface area contributed by atoms with Gasteiger partial charge in [0.05, 0.1) is 10.7 Å². The molecule has 0 saturated heterocycles. The van der Waals surface area contributed by atoms with Crippen molar-refractivity contribution in [3.63, 3.8) is 0 Å². The average molecular weight is 354 g/mol. The van der Waals surface area contributed by atoms with E-state index in [1.807, 2.05) is 50.2 Å². The van der Waals surface area contributed by atoms with Gasteiger partial charge in [0.2, 0.25) is 0 Å². The van der Waals surface area contributed by atoms with Crippen LogP contribution in [0.5, 0.6) is 0 Å². The fourth-order valence-corrected chi connectivity index (χ4v) is 3.33. The van der Waals surface area contributed by atoms with Crippen molar-refractivity contribution >= 4 is 12.6 Å². The van der Waals surface area contributed by atoms with Gasteiger partial charge in [-0.3, -0.25) is 19.6 Å². The van der Waals surface area contributed by atoms with Crippen molar-refractivity contribution in [2.75, 3.05) is 0 Å². The molecule has 0 fully saturated rings. The second-order valence-corrected chi connectivity index (χ2v) is 7.06. The van der Waals surface area contributed by atoms with Gasteiger partial charge in [-0.05, 0) is 25.0 Å². The third-order valence-electron chi connectivity index (χ3n) is 4.64. The summed E-state index contributed by atoms with van der Waals surface area (Å²) >= 11 is 0. The number of fused-ring (bicyclic) bond motifs is 1. The zero-order valence-corrected chi connectivity index (χ0v) is 15.1. The minimum atomic E-state index is -0.529. The van der Waals surface area contributed by atoms with Crippen molar-refractivity contribution in [2.45, 2.75) is 19.5 Å². The van der Waals surface area contributed by atoms with E-state index in [1.165, 1.54) is 0 Å². The van der Waals surface area contributed by atoms with Crippen LogP contribution in [-0.2, 0) is 0 Å². The first kappa shape index (κ1) is 17.0. The van der Waals surface area contributed by atoms with Crippen LogP contribution in [0.15, 0.2) is 70.6 Å². The maximum absolute atomic E-state index is 10.9. The lowest BCUT2D eigenvalue weighted by atomic mass is 9.97. The summed E-state index contributed by atoms with van der Waals surface area (Å²) in [6, 6.07) is 19.0. The summed E-state index contributed by atoms with van der Waals surface area (Å²) in [7, 11) is 0. The molecule has 0 aliphatic carbocycles. The number of aldehydes is 2. The molecule has 0 amide bonds. The largest absolute Gasteiger partial charge is 0.298 e. The molecule has 132 valence electrons. The molecule has 1 aliphatic heterocycles. The molecule has 3 aromatic rings. The Morgan fingerprint density at radius 3 is 1.33 bits per heavy atom. The number of hydrogen-bond acceptors (Lipinski definition) is 4. The van der Waals surface area contributed by atoms with Crippen molar-refractivity contribution in [2.24, 2.45) is 9.98 Å². The summed E-state index contributed by atoms with van der Waals surface area (Å²) in [5.41, 5.74) is 4.73. The fraction of sp³-hybridized carbons (Fsp3) is 0.130. The molecule has 0 radical (unpaired) electrons. The monoisotopic (exact) mass is 354 g/mol. The molecule has 4 nitrogen and oxygen atoms in total. The van der Waals surface area contributed by atoms with Crippen LogP contribution in [0.3, 0.4) is 0 Å². The van der Waals surface area contributed by atoms with Gasteiger partial charge in [0.15, 0.2) is 0 Å². The van der Waals surface area contributed by atoms with Gasteiger partial charge >= 0.3 is 0 Å². The van der Waals surface area contributed by atoms with Crippen LogP contribution >= 0.6 is 0 Å². The van der Waals surface area contributed by atoms with Crippen LogP contribution in [-0.4, -0.2) is 18.2 Å². The maximum atomic E-state index is 10.9. The fourth-order valence-electron chi connectivity index (χ4n) is 3.33. The van der Waals surface area contributed by atoms with Crippen molar-refractivity contribution < 1.29 is 9.59 Å². The summed E-state index contributed by atoms with van der Waals surface area (Å²) in [5.74, 6) is 0. The van der Waals surface area contributed by atoms with E-state index in [0.717, 1.165) is 45.5 Å². The molecule has 0 atom stereocenters. The normalized spacial score (nSPS) is 14.0. The first-order valence-electron chi connectivity index (χ1n) is 8.75. The highest BCUT2D eigenvalue weighted by Gasteiger charge is 2.22. The SMILES string of the molecule is CC1(C)N=c2c(-c3ccc(C=O)cc3)ccc(-c3ccc(C=O)cc3)c2=N1. The third-order valence-corrected chi connectivity index (χ3v) is 4.64. The molecule has 0 saturated carbocycles. The molecule has 1 heterocycles. The molecule has 0 N–H and O–H groups in total. The number of rotatable bonds is 4. The topological polar surface area (TPSA) is 58.9 Å². The minimum absolute atomic E-state index is 0.529. The molecule has 27 heavy (non-hydrogen) atoms. The average Bonchev–Trinajstić information content (AvgIpc) is 3.02. The zero-order chi connectivity index (χ0) is 19.0. The van der Waals surface area contributed by atoms with Gasteiger partial charge in [0, 0.05) is 22.3 Å². The molecule has 4 heteroatoms. The van der Waals surface area contributed by atoms with Crippen LogP contribution in [0.1, 0.15) is 34.6 Å². The van der Waals surface area contributed by atoms with Crippen LogP contribution in [0.4, 0.5) is 0 Å². The summed E-state index contributed by atoms with van der Waals surface area (Å²) < 4.78 is 0. The number of carbonyl (C=O) groups excluding carboxylic acids is 2. The van der Waals surface area contributed by atoms with Crippen LogP contribution in [0.25, 0.3) is 22.3 Å². The molecule has 4 rings (SSSR count). The second-order valence-electron chi connectivity index (χ2n) is 7.06. The van der Waals surface area contributed by atoms with Gasteiger partial charge in [-0.15, -0.1) is 0 Å². The maximum Gasteiger partial charge on any atom is 0.150 e. The van der Waals surface area contributed by atoms with E-state index in [2.05, 4.69) is 0 Å². The quantitative estimate of drug-likeness (QED) is 0.672. The molecule has 0 bridgehead atoms. The Labute approximate surface area is 156 Å². The Hall–Kier alpha value is -3.40. The minimum Gasteiger partial charge on any atom is -0.298 e. The summed E-state index contributed by atoms with van der Waals surface area (Å²) in [5, 5.41) is 1.71. The molecule has 0 unspecified atom stereocenters. The number of hydrogen-bond donors (Lipinski definition) is 0. The van der Waals surface area contributed by atoms with Crippen LogP contribution in [0.2, 0.25) is 0 Å². The Morgan fingerprint density at radius 2 is 1.00 bits per heavy atom. The lowest BCUT2D eigenvalue weighted by Crippen LogP contribution is -2.26. The smallest absolute Gasteiger partial charge is 0.150 e. The first-order valence-corrected chi connectivity index (χ1v) is 8.75. The Balaban J connectivity index is 1.93. The number of carbonyl (C=O) groups is 2. The standard InChI is InChI=1S/C23H18N2O2/c1-23(2)24-21-19(17-7-3-15(13-26)4-8-17)11-12-20(22(21)25-23)18-9-5-16(14-27)6-10-18/h3-14H,1-2H3. The Bertz CT molecular complexity index is 1070. The Kier molecular flexibility index (Phi) is 4.04. The lowest BCUT2D eigenvalue weighted by Gasteiger charge is -2.07. The molecule has 0 aromatic heterocycles. The van der Waals surface area contributed by atoms with Crippen molar-refractivity contribution in [1.82, 2.24) is 0 Å². The second kappa shape index (κ2) is 6.40. The van der Waals surface area contributed by atoms with Gasteiger partial charge in [0.25, 0.3) is 0 Å². The van der Waals surface area contributed by atoms with Gasteiger partial charge in [-0.1, -0.05) is 60.7 Å².